The Morgan fingerprint density at radius 3 is 1.91 bits per heavy atom. The van der Waals surface area contributed by atoms with Gasteiger partial charge in [0.05, 0.1) is 37.6 Å². The van der Waals surface area contributed by atoms with Crippen LogP contribution in [-0.2, 0) is 66.7 Å². The van der Waals surface area contributed by atoms with Gasteiger partial charge in [0, 0.05) is 21.7 Å². The molecule has 2 fully saturated rings. The molecule has 0 bridgehead atoms. The van der Waals surface area contributed by atoms with Crippen molar-refractivity contribution in [3.05, 3.63) is 179 Å². The van der Waals surface area contributed by atoms with Crippen LogP contribution in [0.1, 0.15) is 110 Å². The summed E-state index contributed by atoms with van der Waals surface area (Å²) in [7, 11) is 0. The Labute approximate surface area is 408 Å². The number of rotatable bonds is 25. The molecule has 4 aromatic carbocycles. The van der Waals surface area contributed by atoms with E-state index in [4.69, 9.17) is 28.4 Å². The van der Waals surface area contributed by atoms with Crippen LogP contribution in [0.25, 0.3) is 0 Å². The second kappa shape index (κ2) is 21.1. The Morgan fingerprint density at radius 1 is 0.742 bits per heavy atom. The van der Waals surface area contributed by atoms with Crippen LogP contribution >= 0.6 is 22.6 Å². The van der Waals surface area contributed by atoms with E-state index in [1.165, 1.54) is 38.9 Å². The molecule has 5 atom stereocenters. The van der Waals surface area contributed by atoms with Gasteiger partial charge in [-0.2, -0.15) is 0 Å². The fourth-order valence-electron chi connectivity index (χ4n) is 9.47. The monoisotopic (exact) mass is 1010 g/mol. The first kappa shape index (κ1) is 49.9. The van der Waals surface area contributed by atoms with E-state index in [0.717, 1.165) is 77.1 Å². The lowest BCUT2D eigenvalue weighted by molar-refractivity contribution is -0.0962. The van der Waals surface area contributed by atoms with Gasteiger partial charge in [-0.3, -0.25) is 0 Å². The summed E-state index contributed by atoms with van der Waals surface area (Å²) < 4.78 is 37.4. The highest BCUT2D eigenvalue weighted by Gasteiger charge is 2.39. The van der Waals surface area contributed by atoms with Crippen molar-refractivity contribution < 1.29 is 33.5 Å². The van der Waals surface area contributed by atoms with Crippen molar-refractivity contribution in [2.75, 3.05) is 44.1 Å². The lowest BCUT2D eigenvalue weighted by atomic mass is 9.71. The summed E-state index contributed by atoms with van der Waals surface area (Å²) in [5, 5.41) is 11.5. The van der Waals surface area contributed by atoms with Gasteiger partial charge in [-0.05, 0) is 114 Å². The lowest BCUT2D eigenvalue weighted by Gasteiger charge is -2.41. The van der Waals surface area contributed by atoms with Crippen LogP contribution in [0.15, 0.2) is 123 Å². The molecule has 1 N–H and O–H groups in total. The highest BCUT2D eigenvalue weighted by molar-refractivity contribution is 14.1. The van der Waals surface area contributed by atoms with Gasteiger partial charge in [0.15, 0.2) is 0 Å². The minimum absolute atomic E-state index is 0.0941. The molecular weight excluding hydrogens is 936 g/mol. The molecule has 0 radical (unpaired) electrons. The van der Waals surface area contributed by atoms with Crippen molar-refractivity contribution in [3.8, 4) is 11.5 Å². The summed E-state index contributed by atoms with van der Waals surface area (Å²) in [6.45, 7) is 32.8. The van der Waals surface area contributed by atoms with Crippen LogP contribution in [0.2, 0.25) is 0 Å². The van der Waals surface area contributed by atoms with E-state index in [0.29, 0.717) is 26.1 Å². The topological polar surface area (TPSA) is 82.2 Å². The van der Waals surface area contributed by atoms with E-state index in [1.807, 2.05) is 24.3 Å². The minimum Gasteiger partial charge on any atom is -0.491 e. The molecule has 3 aliphatic rings. The second-order valence-corrected chi connectivity index (χ2v) is 20.5. The van der Waals surface area contributed by atoms with Gasteiger partial charge < -0.3 is 33.5 Å². The number of aliphatic hydroxyl groups excluding tert-OH is 1. The number of alkyl halides is 1. The second-order valence-electron chi connectivity index (χ2n) is 19.7. The Balaban J connectivity index is 1.04. The largest absolute Gasteiger partial charge is 0.491 e. The molecule has 2 heterocycles. The molecule has 352 valence electrons. The van der Waals surface area contributed by atoms with Gasteiger partial charge in [-0.1, -0.05) is 141 Å². The van der Waals surface area contributed by atoms with E-state index in [1.54, 1.807) is 0 Å². The molecule has 7 rings (SSSR count). The zero-order valence-corrected chi connectivity index (χ0v) is 42.3. The molecule has 7 nitrogen and oxygen atoms in total. The molecule has 0 saturated carbocycles. The average molecular weight is 1010 g/mol. The summed E-state index contributed by atoms with van der Waals surface area (Å²) >= 11 is 2.50. The summed E-state index contributed by atoms with van der Waals surface area (Å²) in [4.78, 5) is 0. The van der Waals surface area contributed by atoms with Gasteiger partial charge in [0.25, 0.3) is 0 Å². The van der Waals surface area contributed by atoms with Crippen molar-refractivity contribution in [1.82, 2.24) is 0 Å². The van der Waals surface area contributed by atoms with Gasteiger partial charge in [-0.25, -0.2) is 0 Å². The van der Waals surface area contributed by atoms with Crippen LogP contribution in [0, 0.1) is 0 Å². The van der Waals surface area contributed by atoms with E-state index in [2.05, 4.69) is 157 Å². The van der Waals surface area contributed by atoms with Crippen molar-refractivity contribution in [2.45, 2.75) is 120 Å². The van der Waals surface area contributed by atoms with Crippen LogP contribution in [0.4, 0.5) is 0 Å². The van der Waals surface area contributed by atoms with Crippen molar-refractivity contribution >= 4 is 22.6 Å². The standard InChI is InChI=1S/C58H71IO7/c1-11-15-40-27-46(19-22-51(40)56(8,9)65-37-50-35-62-50)57(10,38-59)47-21-25-53(42(29-47)17-13-3)63-32-48(60)33-66-58(14-4)31-39(5)26-43-30-44(18-23-52(43)58)55(6,7)45-20-24-54(41(28-45)16-12-2)64-36-49-34-61-49/h11-13,18-25,27-30,48-50,60H,1-3,5,14-17,26,31-38H2,4,6-10H3. The third kappa shape index (κ3) is 11.3. The quantitative estimate of drug-likeness (QED) is 0.0306. The van der Waals surface area contributed by atoms with Crippen LogP contribution in [-0.4, -0.2) is 67.5 Å². The lowest BCUT2D eigenvalue weighted by Crippen LogP contribution is -2.38. The molecule has 1 aliphatic carbocycles. The zero-order chi connectivity index (χ0) is 47.3. The van der Waals surface area contributed by atoms with Crippen molar-refractivity contribution in [3.63, 3.8) is 0 Å². The number of aliphatic hydroxyl groups is 1. The summed E-state index contributed by atoms with van der Waals surface area (Å²) in [5.41, 5.74) is 11.3. The number of benzene rings is 4. The van der Waals surface area contributed by atoms with Crippen LogP contribution < -0.4 is 9.47 Å². The number of halogens is 1. The Morgan fingerprint density at radius 2 is 1.29 bits per heavy atom. The smallest absolute Gasteiger partial charge is 0.122 e. The predicted octanol–water partition coefficient (Wildman–Crippen LogP) is 11.9. The minimum atomic E-state index is -0.846. The fraction of sp³-hybridized carbons (Fsp3) is 0.448. The molecule has 2 aliphatic heterocycles. The summed E-state index contributed by atoms with van der Waals surface area (Å²) in [6.07, 6.45) is 9.68. The highest BCUT2D eigenvalue weighted by Crippen LogP contribution is 2.46. The fourth-order valence-corrected chi connectivity index (χ4v) is 10.4. The number of fused-ring (bicyclic) bond motifs is 1. The van der Waals surface area contributed by atoms with E-state index >= 15 is 0 Å². The molecule has 2 saturated heterocycles. The van der Waals surface area contributed by atoms with E-state index in [9.17, 15) is 5.11 Å². The van der Waals surface area contributed by atoms with Crippen LogP contribution in [0.5, 0.6) is 11.5 Å². The molecule has 0 aromatic heterocycles. The maximum absolute atomic E-state index is 11.5. The molecule has 8 heteroatoms. The molecule has 0 spiro atoms. The molecule has 66 heavy (non-hydrogen) atoms. The third-order valence-electron chi connectivity index (χ3n) is 13.9. The van der Waals surface area contributed by atoms with Crippen molar-refractivity contribution in [2.24, 2.45) is 0 Å². The van der Waals surface area contributed by atoms with Gasteiger partial charge in [-0.15, -0.1) is 19.7 Å². The number of allylic oxidation sites excluding steroid dienone is 3. The Bertz CT molecular complexity index is 2390. The maximum atomic E-state index is 11.5. The Hall–Kier alpha value is -4.03. The summed E-state index contributed by atoms with van der Waals surface area (Å²) in [5.74, 6) is 1.62. The normalized spacial score (nSPS) is 20.5. The average Bonchev–Trinajstić information content (AvgIpc) is 4.26. The van der Waals surface area contributed by atoms with Gasteiger partial charge >= 0.3 is 0 Å². The first-order valence-corrected chi connectivity index (χ1v) is 25.2. The number of epoxide rings is 2. The van der Waals surface area contributed by atoms with E-state index < -0.39 is 17.3 Å². The SMILES string of the molecule is C=CCc1cc(C(C)(CI)c2ccc(C(C)(C)OCC3CO3)c(CC=C)c2)ccc1OCC(O)COC1(CC)CC(=C)Cc2cc(C(C)(C)c3ccc(OCC4CO4)c(CC=C)c3)ccc21. The molecular formula is C58H71IO7. The molecule has 5 unspecified atom stereocenters. The van der Waals surface area contributed by atoms with Crippen molar-refractivity contribution in [1.29, 1.82) is 0 Å². The number of hydrogen-bond acceptors (Lipinski definition) is 7. The number of ether oxygens (including phenoxy) is 6. The molecule has 4 aromatic rings. The molecule has 0 amide bonds. The maximum Gasteiger partial charge on any atom is 0.122 e. The number of hydrogen-bond donors (Lipinski definition) is 1. The zero-order valence-electron chi connectivity index (χ0n) is 40.2. The predicted molar refractivity (Wildman–Crippen MR) is 276 cm³/mol. The highest BCUT2D eigenvalue weighted by atomic mass is 127. The van der Waals surface area contributed by atoms with Gasteiger partial charge in [0.2, 0.25) is 0 Å². The van der Waals surface area contributed by atoms with E-state index in [-0.39, 0.29) is 36.3 Å². The van der Waals surface area contributed by atoms with Crippen LogP contribution in [0.3, 0.4) is 0 Å². The third-order valence-corrected chi connectivity index (χ3v) is 15.5. The Kier molecular flexibility index (Phi) is 15.9. The summed E-state index contributed by atoms with van der Waals surface area (Å²) in [6, 6.07) is 26.6. The van der Waals surface area contributed by atoms with Gasteiger partial charge in [0.1, 0.15) is 43.0 Å². The first-order chi connectivity index (χ1) is 31.6. The first-order valence-electron chi connectivity index (χ1n) is 23.6.